The summed E-state index contributed by atoms with van der Waals surface area (Å²) in [6.45, 7) is 3.92. The molecule has 0 unspecified atom stereocenters. The van der Waals surface area contributed by atoms with Crippen LogP contribution < -0.4 is 27.0 Å². The quantitative estimate of drug-likeness (QED) is 0.751. The standard InChI is InChI=1S/C18H19N3O2.2ClH/c1-18(2,19)12-6-4-11(5-7-12)13-8-9-15-16(14(13)10-22)17(23-3)21-20-15;;/h4-9,20-21H,19H2,1-3H3;2*1H. The number of nitrogens with two attached hydrogens (primary N) is 1. The summed E-state index contributed by atoms with van der Waals surface area (Å²) in [5, 5.41) is 1.17. The second-order valence-electron chi connectivity index (χ2n) is 6.10. The molecule has 0 aliphatic carbocycles. The number of hydrogen-bond acceptors (Lipinski definition) is 5. The minimum absolute atomic E-state index is 0. The van der Waals surface area contributed by atoms with Crippen molar-refractivity contribution in [3.8, 4) is 11.1 Å². The number of carbonyl (C=O) groups excluding carboxylic acids is 1. The monoisotopic (exact) mass is 381 g/mol. The van der Waals surface area contributed by atoms with E-state index in [1.54, 1.807) is 7.11 Å². The van der Waals surface area contributed by atoms with Gasteiger partial charge < -0.3 is 10.5 Å². The Bertz CT molecular complexity index is 900. The third kappa shape index (κ3) is 3.75. The molecule has 7 heteroatoms. The van der Waals surface area contributed by atoms with Crippen molar-refractivity contribution in [3.63, 3.8) is 0 Å². The summed E-state index contributed by atoms with van der Waals surface area (Å²) >= 11 is 0. The number of benzene rings is 2. The lowest BCUT2D eigenvalue weighted by Crippen LogP contribution is -2.30. The molecule has 5 nitrogen and oxygen atoms in total. The van der Waals surface area contributed by atoms with Crippen LogP contribution in [0.1, 0.15) is 19.4 Å². The van der Waals surface area contributed by atoms with Crippen LogP contribution in [-0.2, 0) is 15.1 Å². The summed E-state index contributed by atoms with van der Waals surface area (Å²) in [4.78, 5) is 11.6. The molecule has 0 amide bonds. The summed E-state index contributed by atoms with van der Waals surface area (Å²) in [6, 6.07) is 11.7. The van der Waals surface area contributed by atoms with E-state index in [0.717, 1.165) is 22.4 Å². The summed E-state index contributed by atoms with van der Waals surface area (Å²) < 4.78 is 5.28. The van der Waals surface area contributed by atoms with Gasteiger partial charge in [0, 0.05) is 11.1 Å². The number of hydrogen-bond donors (Lipinski definition) is 3. The average molecular weight is 382 g/mol. The number of hydrazine groups is 1. The highest BCUT2D eigenvalue weighted by atomic mass is 35.5. The third-order valence-electron chi connectivity index (χ3n) is 3.99. The second-order valence-corrected chi connectivity index (χ2v) is 6.10. The van der Waals surface area contributed by atoms with Crippen LogP contribution in [0.4, 0.5) is 5.69 Å². The predicted octanol–water partition coefficient (Wildman–Crippen LogP) is 1.54. The molecule has 134 valence electrons. The molecule has 1 aliphatic rings. The van der Waals surface area contributed by atoms with E-state index in [1.165, 1.54) is 0 Å². The highest BCUT2D eigenvalue weighted by Gasteiger charge is 2.17. The minimum Gasteiger partial charge on any atom is -0.481 e. The van der Waals surface area contributed by atoms with Crippen LogP contribution in [0.2, 0.25) is 0 Å². The van der Waals surface area contributed by atoms with Crippen LogP contribution in [-0.4, -0.2) is 13.1 Å². The van der Waals surface area contributed by atoms with Crippen LogP contribution >= 0.6 is 24.8 Å². The lowest BCUT2D eigenvalue weighted by molar-refractivity contribution is 0.345. The zero-order valence-corrected chi connectivity index (χ0v) is 15.8. The van der Waals surface area contributed by atoms with E-state index in [2.05, 4.69) is 10.9 Å². The summed E-state index contributed by atoms with van der Waals surface area (Å²) in [5.74, 6) is 2.56. The average Bonchev–Trinajstić information content (AvgIpc) is 2.96. The highest BCUT2D eigenvalue weighted by Crippen LogP contribution is 2.22. The van der Waals surface area contributed by atoms with Crippen LogP contribution in [0.25, 0.3) is 17.0 Å². The maximum atomic E-state index is 11.6. The van der Waals surface area contributed by atoms with E-state index in [1.807, 2.05) is 56.2 Å². The molecule has 2 aromatic rings. The van der Waals surface area contributed by atoms with Gasteiger partial charge in [-0.25, -0.2) is 4.79 Å². The van der Waals surface area contributed by atoms with E-state index in [-0.39, 0.29) is 24.8 Å². The number of fused-ring (bicyclic) bond motifs is 1. The second kappa shape index (κ2) is 7.81. The summed E-state index contributed by atoms with van der Waals surface area (Å²) in [5.41, 5.74) is 15.2. The Labute approximate surface area is 158 Å². The highest BCUT2D eigenvalue weighted by molar-refractivity contribution is 5.85. The van der Waals surface area contributed by atoms with Gasteiger partial charge in [-0.15, -0.1) is 24.8 Å². The van der Waals surface area contributed by atoms with Gasteiger partial charge in [-0.1, -0.05) is 30.3 Å². The molecule has 1 aliphatic heterocycles. The van der Waals surface area contributed by atoms with Gasteiger partial charge in [0.05, 0.1) is 23.2 Å². The van der Waals surface area contributed by atoms with E-state index in [0.29, 0.717) is 16.3 Å². The summed E-state index contributed by atoms with van der Waals surface area (Å²) in [6.07, 6.45) is 0. The Hall–Kier alpha value is -2.17. The number of ether oxygens (including phenoxy) is 1. The Balaban J connectivity index is 0.00000156. The van der Waals surface area contributed by atoms with E-state index >= 15 is 0 Å². The first-order valence-electron chi connectivity index (χ1n) is 7.34. The Morgan fingerprint density at radius 2 is 1.68 bits per heavy atom. The van der Waals surface area contributed by atoms with E-state index < -0.39 is 5.54 Å². The molecule has 0 atom stereocenters. The lowest BCUT2D eigenvalue weighted by atomic mass is 9.93. The fourth-order valence-electron chi connectivity index (χ4n) is 2.71. The van der Waals surface area contributed by atoms with Gasteiger partial charge in [-0.05, 0) is 31.0 Å². The Kier molecular flexibility index (Phi) is 6.52. The summed E-state index contributed by atoms with van der Waals surface area (Å²) in [7, 11) is 1.55. The molecule has 0 saturated carbocycles. The molecular weight excluding hydrogens is 361 g/mol. The molecule has 0 saturated heterocycles. The maximum Gasteiger partial charge on any atom is 0.216 e. The number of nitrogens with one attached hydrogen (secondary N) is 2. The normalized spacial score (nSPS) is 11.9. The molecule has 0 bridgehead atoms. The van der Waals surface area contributed by atoms with Gasteiger partial charge in [-0.3, -0.25) is 10.9 Å². The number of anilines is 1. The van der Waals surface area contributed by atoms with Crippen molar-refractivity contribution in [1.82, 2.24) is 5.43 Å². The molecule has 1 heterocycles. The van der Waals surface area contributed by atoms with Crippen LogP contribution in [0.3, 0.4) is 0 Å². The SMILES string of the molecule is COC1=c2c(ccc(-c3ccc(C(C)(C)N)cc3)c2=C=O)NN1.Cl.Cl. The van der Waals surface area contributed by atoms with Crippen molar-refractivity contribution in [3.05, 3.63) is 52.4 Å². The third-order valence-corrected chi connectivity index (χ3v) is 3.99. The van der Waals surface area contributed by atoms with Gasteiger partial charge in [0.1, 0.15) is 5.94 Å². The maximum absolute atomic E-state index is 11.6. The molecular formula is C18H21Cl2N3O2. The zero-order valence-electron chi connectivity index (χ0n) is 14.2. The smallest absolute Gasteiger partial charge is 0.216 e. The van der Waals surface area contributed by atoms with Gasteiger partial charge in [0.25, 0.3) is 0 Å². The molecule has 0 radical (unpaired) electrons. The van der Waals surface area contributed by atoms with E-state index in [4.69, 9.17) is 10.5 Å². The Morgan fingerprint density at radius 1 is 1.04 bits per heavy atom. The Morgan fingerprint density at radius 3 is 2.20 bits per heavy atom. The zero-order chi connectivity index (χ0) is 16.6. The van der Waals surface area contributed by atoms with E-state index in [9.17, 15) is 4.79 Å². The molecule has 2 aromatic carbocycles. The van der Waals surface area contributed by atoms with Gasteiger partial charge in [0.15, 0.2) is 0 Å². The number of methoxy groups -OCH3 is 1. The van der Waals surface area contributed by atoms with Crippen LogP contribution in [0.5, 0.6) is 0 Å². The van der Waals surface area contributed by atoms with Crippen molar-refractivity contribution < 1.29 is 9.53 Å². The molecule has 3 rings (SSSR count). The van der Waals surface area contributed by atoms with Crippen LogP contribution in [0.15, 0.2) is 36.4 Å². The van der Waals surface area contributed by atoms with Gasteiger partial charge >= 0.3 is 0 Å². The molecule has 25 heavy (non-hydrogen) atoms. The minimum atomic E-state index is -0.402. The first-order valence-corrected chi connectivity index (χ1v) is 7.34. The molecule has 0 aromatic heterocycles. The first-order chi connectivity index (χ1) is 11.0. The lowest BCUT2D eigenvalue weighted by Gasteiger charge is -2.19. The topological polar surface area (TPSA) is 76.4 Å². The predicted molar refractivity (Wildman–Crippen MR) is 105 cm³/mol. The fraction of sp³-hybridized carbons (Fsp3) is 0.222. The van der Waals surface area contributed by atoms with Gasteiger partial charge in [0.2, 0.25) is 5.88 Å². The number of halogens is 2. The molecule has 0 spiro atoms. The van der Waals surface area contributed by atoms with Crippen molar-refractivity contribution in [2.24, 2.45) is 5.73 Å². The van der Waals surface area contributed by atoms with Crippen molar-refractivity contribution in [2.45, 2.75) is 19.4 Å². The van der Waals surface area contributed by atoms with Crippen molar-refractivity contribution >= 4 is 42.3 Å². The van der Waals surface area contributed by atoms with Crippen molar-refractivity contribution in [2.75, 3.05) is 12.5 Å². The largest absolute Gasteiger partial charge is 0.481 e. The molecule has 4 N–H and O–H groups in total. The van der Waals surface area contributed by atoms with Crippen LogP contribution in [0, 0.1) is 0 Å². The number of rotatable bonds is 3. The fourth-order valence-corrected chi connectivity index (χ4v) is 2.71. The molecule has 0 fully saturated rings. The first kappa shape index (κ1) is 20.9. The van der Waals surface area contributed by atoms with Crippen molar-refractivity contribution in [1.29, 1.82) is 0 Å². The van der Waals surface area contributed by atoms with Gasteiger partial charge in [-0.2, -0.15) is 0 Å².